The van der Waals surface area contributed by atoms with E-state index >= 15 is 0 Å². The Bertz CT molecular complexity index is 850. The Morgan fingerprint density at radius 2 is 2.04 bits per heavy atom. The fraction of sp³-hybridized carbons (Fsp3) is 0.421. The normalized spacial score (nSPS) is 21.1. The number of quaternary nitrogens is 1. The van der Waals surface area contributed by atoms with E-state index in [9.17, 15) is 9.59 Å². The summed E-state index contributed by atoms with van der Waals surface area (Å²) < 4.78 is 11.2. The van der Waals surface area contributed by atoms with Gasteiger partial charge in [0.05, 0.1) is 38.1 Å². The summed E-state index contributed by atoms with van der Waals surface area (Å²) in [5, 5.41) is 0. The third-order valence-electron chi connectivity index (χ3n) is 5.09. The van der Waals surface area contributed by atoms with E-state index < -0.39 is 0 Å². The predicted molar refractivity (Wildman–Crippen MR) is 110 cm³/mol. The van der Waals surface area contributed by atoms with Crippen LogP contribution in [0, 0.1) is 0 Å². The Labute approximate surface area is 173 Å². The number of amides is 2. The van der Waals surface area contributed by atoms with E-state index in [2.05, 4.69) is 7.05 Å². The highest BCUT2D eigenvalue weighted by Crippen LogP contribution is 2.36. The summed E-state index contributed by atoms with van der Waals surface area (Å²) in [6.07, 6.45) is 2.09. The van der Waals surface area contributed by atoms with Crippen LogP contribution in [-0.4, -0.2) is 72.5 Å². The molecule has 1 N–H and O–H groups in total. The summed E-state index contributed by atoms with van der Waals surface area (Å²) in [6.45, 7) is 4.00. The van der Waals surface area contributed by atoms with Crippen molar-refractivity contribution < 1.29 is 24.0 Å². The second kappa shape index (κ2) is 8.10. The molecule has 0 atom stereocenters. The van der Waals surface area contributed by atoms with Crippen LogP contribution >= 0.6 is 24.0 Å². The monoisotopic (exact) mass is 420 g/mol. The number of rotatable bonds is 4. The summed E-state index contributed by atoms with van der Waals surface area (Å²) in [4.78, 5) is 30.6. The van der Waals surface area contributed by atoms with Crippen LogP contribution in [0.5, 0.6) is 11.5 Å². The van der Waals surface area contributed by atoms with Crippen LogP contribution in [-0.2, 0) is 9.59 Å². The number of thiocarbonyl (C=S) groups is 1. The zero-order valence-corrected chi connectivity index (χ0v) is 17.2. The quantitative estimate of drug-likeness (QED) is 0.561. The van der Waals surface area contributed by atoms with E-state index in [1.807, 2.05) is 23.1 Å². The summed E-state index contributed by atoms with van der Waals surface area (Å²) in [6, 6.07) is 5.54. The molecule has 9 heteroatoms. The van der Waals surface area contributed by atoms with E-state index in [1.54, 1.807) is 6.08 Å². The van der Waals surface area contributed by atoms with Crippen molar-refractivity contribution in [2.45, 2.75) is 6.42 Å². The molecule has 7 nitrogen and oxygen atoms in total. The molecule has 0 aliphatic carbocycles. The van der Waals surface area contributed by atoms with Gasteiger partial charge in [0, 0.05) is 13.0 Å². The van der Waals surface area contributed by atoms with Crippen LogP contribution in [0.4, 0.5) is 0 Å². The maximum absolute atomic E-state index is 12.8. The van der Waals surface area contributed by atoms with Gasteiger partial charge < -0.3 is 19.3 Å². The van der Waals surface area contributed by atoms with Crippen molar-refractivity contribution in [2.75, 3.05) is 46.6 Å². The second-order valence-corrected chi connectivity index (χ2v) is 8.71. The van der Waals surface area contributed by atoms with Gasteiger partial charge in [-0.05, 0) is 23.8 Å². The first-order valence-corrected chi connectivity index (χ1v) is 10.5. The van der Waals surface area contributed by atoms with Crippen LogP contribution in [0.25, 0.3) is 6.08 Å². The first-order chi connectivity index (χ1) is 13.5. The summed E-state index contributed by atoms with van der Waals surface area (Å²) in [5.74, 6) is 1.31. The number of likely N-dealkylation sites (N-methyl/N-ethyl adjacent to an activating group) is 1. The lowest BCUT2D eigenvalue weighted by atomic mass is 10.2. The minimum atomic E-state index is -0.150. The van der Waals surface area contributed by atoms with Crippen LogP contribution in [0.1, 0.15) is 12.0 Å². The standard InChI is InChI=1S/C19H21N3O4S2/c1-20-6-8-21(9-7-20)17(23)4-5-22-18(24)16(28-19(22)27)11-13-2-3-14-15(10-13)26-12-25-14/h2-3,10-11H,4-9,12H2,1H3/p+1. The molecule has 0 saturated carbocycles. The molecular formula is C19H22N3O4S2+. The lowest BCUT2D eigenvalue weighted by Crippen LogP contribution is -3.12. The number of nitrogens with one attached hydrogen (secondary N) is 1. The lowest BCUT2D eigenvalue weighted by Gasteiger charge is -2.30. The van der Waals surface area contributed by atoms with Crippen molar-refractivity contribution in [2.24, 2.45) is 0 Å². The van der Waals surface area contributed by atoms with Crippen molar-refractivity contribution >= 4 is 46.2 Å². The van der Waals surface area contributed by atoms with Gasteiger partial charge in [0.2, 0.25) is 12.7 Å². The molecule has 2 amide bonds. The molecule has 1 aromatic carbocycles. The van der Waals surface area contributed by atoms with Gasteiger partial charge in [0.15, 0.2) is 11.5 Å². The number of hydrogen-bond acceptors (Lipinski definition) is 6. The average Bonchev–Trinajstić information content (AvgIpc) is 3.25. The molecule has 28 heavy (non-hydrogen) atoms. The van der Waals surface area contributed by atoms with E-state index in [0.29, 0.717) is 33.7 Å². The summed E-state index contributed by atoms with van der Waals surface area (Å²) in [5.41, 5.74) is 0.848. The van der Waals surface area contributed by atoms with Gasteiger partial charge in [0.1, 0.15) is 4.32 Å². The van der Waals surface area contributed by atoms with Crippen LogP contribution in [0.3, 0.4) is 0 Å². The zero-order valence-electron chi connectivity index (χ0n) is 15.6. The summed E-state index contributed by atoms with van der Waals surface area (Å²) in [7, 11) is 2.13. The van der Waals surface area contributed by atoms with Gasteiger partial charge in [-0.15, -0.1) is 0 Å². The Morgan fingerprint density at radius 3 is 2.82 bits per heavy atom. The van der Waals surface area contributed by atoms with Gasteiger partial charge in [-0.2, -0.15) is 0 Å². The number of fused-ring (bicyclic) bond motifs is 1. The first kappa shape index (κ1) is 19.2. The van der Waals surface area contributed by atoms with Gasteiger partial charge in [-0.1, -0.05) is 30.0 Å². The van der Waals surface area contributed by atoms with Gasteiger partial charge >= 0.3 is 0 Å². The highest BCUT2D eigenvalue weighted by atomic mass is 32.2. The molecule has 2 saturated heterocycles. The molecule has 148 valence electrons. The van der Waals surface area contributed by atoms with E-state index in [0.717, 1.165) is 31.7 Å². The molecule has 1 aromatic rings. The third kappa shape index (κ3) is 4.01. The Morgan fingerprint density at radius 1 is 1.29 bits per heavy atom. The highest BCUT2D eigenvalue weighted by molar-refractivity contribution is 8.26. The molecule has 0 unspecified atom stereocenters. The number of ether oxygens (including phenoxy) is 2. The molecule has 3 heterocycles. The number of piperazine rings is 1. The number of carbonyl (C=O) groups excluding carboxylic acids is 2. The molecule has 3 aliphatic heterocycles. The Kier molecular flexibility index (Phi) is 5.56. The fourth-order valence-electron chi connectivity index (χ4n) is 3.35. The van der Waals surface area contributed by atoms with Crippen LogP contribution in [0.15, 0.2) is 23.1 Å². The molecule has 4 rings (SSSR count). The number of hydrogen-bond donors (Lipinski definition) is 1. The summed E-state index contributed by atoms with van der Waals surface area (Å²) >= 11 is 6.63. The largest absolute Gasteiger partial charge is 0.454 e. The number of thioether (sulfide) groups is 1. The zero-order chi connectivity index (χ0) is 19.7. The van der Waals surface area contributed by atoms with Crippen molar-refractivity contribution in [3.63, 3.8) is 0 Å². The van der Waals surface area contributed by atoms with E-state index in [4.69, 9.17) is 21.7 Å². The second-order valence-electron chi connectivity index (χ2n) is 7.03. The first-order valence-electron chi connectivity index (χ1n) is 9.25. The minimum absolute atomic E-state index is 0.0845. The molecule has 2 fully saturated rings. The van der Waals surface area contributed by atoms with Crippen molar-refractivity contribution in [1.82, 2.24) is 9.80 Å². The molecule has 3 aliphatic rings. The van der Waals surface area contributed by atoms with Gasteiger partial charge in [0.25, 0.3) is 5.91 Å². The molecule has 0 aromatic heterocycles. The Balaban J connectivity index is 1.38. The average molecular weight is 421 g/mol. The molecule has 0 bridgehead atoms. The SMILES string of the molecule is C[NH+]1CCN(C(=O)CCN2C(=O)C(=Cc3ccc4c(c3)OCO4)SC2=S)CC1. The smallest absolute Gasteiger partial charge is 0.266 e. The maximum atomic E-state index is 12.8. The van der Waals surface area contributed by atoms with Gasteiger partial charge in [-0.3, -0.25) is 14.5 Å². The maximum Gasteiger partial charge on any atom is 0.266 e. The fourth-order valence-corrected chi connectivity index (χ4v) is 4.66. The topological polar surface area (TPSA) is 63.5 Å². The van der Waals surface area contributed by atoms with Crippen LogP contribution < -0.4 is 14.4 Å². The third-order valence-corrected chi connectivity index (χ3v) is 6.46. The number of carbonyl (C=O) groups is 2. The number of nitrogens with zero attached hydrogens (tertiary/aromatic N) is 2. The lowest BCUT2D eigenvalue weighted by molar-refractivity contribution is -0.883. The van der Waals surface area contributed by atoms with Crippen molar-refractivity contribution in [1.29, 1.82) is 0 Å². The van der Waals surface area contributed by atoms with Crippen molar-refractivity contribution in [3.05, 3.63) is 28.7 Å². The molecular weight excluding hydrogens is 398 g/mol. The molecule has 0 spiro atoms. The van der Waals surface area contributed by atoms with E-state index in [1.165, 1.54) is 21.6 Å². The number of benzene rings is 1. The van der Waals surface area contributed by atoms with Gasteiger partial charge in [-0.25, -0.2) is 0 Å². The predicted octanol–water partition coefficient (Wildman–Crippen LogP) is 0.364. The van der Waals surface area contributed by atoms with E-state index in [-0.39, 0.29) is 18.6 Å². The highest BCUT2D eigenvalue weighted by Gasteiger charge is 2.33. The molecule has 0 radical (unpaired) electrons. The minimum Gasteiger partial charge on any atom is -0.454 e. The Hall–Kier alpha value is -2.10. The van der Waals surface area contributed by atoms with Crippen LogP contribution in [0.2, 0.25) is 0 Å². The van der Waals surface area contributed by atoms with Crippen molar-refractivity contribution in [3.8, 4) is 11.5 Å².